The van der Waals surface area contributed by atoms with Crippen molar-refractivity contribution in [2.45, 2.75) is 89.3 Å². The number of H-pyrrole nitrogens is 1. The first-order valence-electron chi connectivity index (χ1n) is 19.2. The second kappa shape index (κ2) is 13.4. The van der Waals surface area contributed by atoms with E-state index in [1.807, 2.05) is 17.9 Å². The number of aromatic amines is 1. The molecule has 1 aromatic carbocycles. The fraction of sp³-hybridized carbons (Fsp3) is 0.641. The molecule has 3 aliphatic heterocycles. The van der Waals surface area contributed by atoms with Crippen molar-refractivity contribution in [3.63, 3.8) is 0 Å². The first-order chi connectivity index (χ1) is 25.6. The average Bonchev–Trinajstić information content (AvgIpc) is 3.75. The number of hydrogen-bond acceptors (Lipinski definition) is 11. The molecular weight excluding hydrogens is 701 g/mol. The molecule has 2 aliphatic carbocycles. The number of aliphatic hydroxyl groups is 1. The van der Waals surface area contributed by atoms with E-state index in [2.05, 4.69) is 15.1 Å². The second-order valence-corrected chi connectivity index (χ2v) is 17.0. The van der Waals surface area contributed by atoms with Crippen LogP contribution in [-0.2, 0) is 9.47 Å². The van der Waals surface area contributed by atoms with Crippen LogP contribution in [0.5, 0.6) is 11.9 Å². The number of methoxy groups -OCH3 is 1. The zero-order valence-corrected chi connectivity index (χ0v) is 31.6. The number of rotatable bonds is 7. The third-order valence-corrected chi connectivity index (χ3v) is 13.4. The van der Waals surface area contributed by atoms with E-state index >= 15 is 4.39 Å². The highest BCUT2D eigenvalue weighted by molar-refractivity contribution is 6.35. The minimum atomic E-state index is -1.18. The number of benzene rings is 1. The molecule has 3 aromatic heterocycles. The third-order valence-electron chi connectivity index (χ3n) is 13.0. The quantitative estimate of drug-likeness (QED) is 0.223. The van der Waals surface area contributed by atoms with Crippen LogP contribution in [0, 0.1) is 23.6 Å². The highest BCUT2D eigenvalue weighted by Crippen LogP contribution is 2.56. The Labute approximate surface area is 313 Å². The highest BCUT2D eigenvalue weighted by atomic mass is 35.5. The van der Waals surface area contributed by atoms with Gasteiger partial charge in [-0.1, -0.05) is 18.0 Å². The summed E-state index contributed by atoms with van der Waals surface area (Å²) in [4.78, 5) is 19.2. The summed E-state index contributed by atoms with van der Waals surface area (Å²) in [7, 11) is 1.49. The van der Waals surface area contributed by atoms with Gasteiger partial charge in [-0.2, -0.15) is 15.1 Å². The maximum Gasteiger partial charge on any atom is 0.319 e. The minimum Gasteiger partial charge on any atom is -0.480 e. The van der Waals surface area contributed by atoms with Crippen molar-refractivity contribution < 1.29 is 28.4 Å². The van der Waals surface area contributed by atoms with Crippen molar-refractivity contribution in [1.82, 2.24) is 30.0 Å². The largest absolute Gasteiger partial charge is 0.480 e. The molecule has 4 aromatic rings. The summed E-state index contributed by atoms with van der Waals surface area (Å²) in [5.74, 6) is -0.164. The number of pyridine rings is 1. The van der Waals surface area contributed by atoms with Gasteiger partial charge in [0.2, 0.25) is 5.88 Å². The van der Waals surface area contributed by atoms with Crippen LogP contribution in [-0.4, -0.2) is 113 Å². The summed E-state index contributed by atoms with van der Waals surface area (Å²) >= 11 is 6.89. The number of nitrogens with zero attached hydrogens (tertiary/aromatic N) is 6. The van der Waals surface area contributed by atoms with E-state index in [1.54, 1.807) is 13.1 Å². The first kappa shape index (κ1) is 35.3. The predicted octanol–water partition coefficient (Wildman–Crippen LogP) is 6.24. The maximum atomic E-state index is 17.3. The van der Waals surface area contributed by atoms with Gasteiger partial charge >= 0.3 is 6.01 Å². The van der Waals surface area contributed by atoms with E-state index in [4.69, 9.17) is 45.5 Å². The third kappa shape index (κ3) is 6.11. The van der Waals surface area contributed by atoms with Gasteiger partial charge in [0.25, 0.3) is 0 Å². The van der Waals surface area contributed by atoms with Gasteiger partial charge in [0.15, 0.2) is 5.82 Å². The number of halogens is 2. The van der Waals surface area contributed by atoms with Gasteiger partial charge in [-0.3, -0.25) is 10.00 Å². The number of aryl methyl sites for hydroxylation is 1. The van der Waals surface area contributed by atoms with E-state index < -0.39 is 11.4 Å². The molecule has 53 heavy (non-hydrogen) atoms. The van der Waals surface area contributed by atoms with Crippen molar-refractivity contribution >= 4 is 39.2 Å². The lowest BCUT2D eigenvalue weighted by atomic mass is 9.60. The number of anilines is 1. The molecular formula is C39H49ClFN7O5. The summed E-state index contributed by atoms with van der Waals surface area (Å²) in [5, 5.41) is 19.6. The molecule has 3 unspecified atom stereocenters. The molecule has 12 nitrogen and oxygen atoms in total. The number of ether oxygens (including phenoxy) is 4. The Balaban J connectivity index is 1.11. The fourth-order valence-corrected chi connectivity index (χ4v) is 10.5. The standard InChI is InChI=1S/C39H49ClFN7O5/c1-23-16-26-25(19-42-46-26)28(30(23)40)32-31(41)33-29(35(43-32)50-3)34(47-12-15-52-21-37(2,49)20-47)45-36(44-33)53-22-39-7-4-6-27(39)48(11-5-8-39)24-17-38(18-24)9-13-51-14-10-38/h16,19,24,27,49H,4-15,17-18,20-22H2,1-3H3,(H,42,46). The summed E-state index contributed by atoms with van der Waals surface area (Å²) in [5.41, 5.74) is 1.10. The molecule has 14 heteroatoms. The van der Waals surface area contributed by atoms with Crippen LogP contribution in [0.25, 0.3) is 33.1 Å². The van der Waals surface area contributed by atoms with Gasteiger partial charge in [0.05, 0.1) is 50.2 Å². The molecule has 0 radical (unpaired) electrons. The van der Waals surface area contributed by atoms with Crippen LogP contribution in [0.4, 0.5) is 10.2 Å². The molecule has 1 spiro atoms. The van der Waals surface area contributed by atoms with Gasteiger partial charge in [-0.05, 0) is 88.8 Å². The summed E-state index contributed by atoms with van der Waals surface area (Å²) in [6.45, 7) is 8.04. The van der Waals surface area contributed by atoms with Crippen LogP contribution < -0.4 is 14.4 Å². The van der Waals surface area contributed by atoms with Gasteiger partial charge in [-0.15, -0.1) is 0 Å². The number of β-amino-alcohol motifs (C(OH)–C–C–N with tert-alkyl or cyclic N) is 1. The molecule has 9 rings (SSSR count). The molecule has 2 saturated carbocycles. The molecule has 0 bridgehead atoms. The van der Waals surface area contributed by atoms with Crippen molar-refractivity contribution in [1.29, 1.82) is 0 Å². The van der Waals surface area contributed by atoms with Crippen molar-refractivity contribution in [3.05, 3.63) is 28.7 Å². The van der Waals surface area contributed by atoms with Gasteiger partial charge in [0.1, 0.15) is 28.0 Å². The lowest BCUT2D eigenvalue weighted by Crippen LogP contribution is -2.61. The van der Waals surface area contributed by atoms with Gasteiger partial charge < -0.3 is 29.0 Å². The first-order valence-corrected chi connectivity index (χ1v) is 19.6. The lowest BCUT2D eigenvalue weighted by Gasteiger charge is -2.58. The molecule has 5 aliphatic rings. The topological polar surface area (TPSA) is 131 Å². The lowest BCUT2D eigenvalue weighted by molar-refractivity contribution is -0.112. The Morgan fingerprint density at radius 2 is 1.89 bits per heavy atom. The number of fused-ring (bicyclic) bond motifs is 3. The number of piperidine rings is 1. The van der Waals surface area contributed by atoms with Crippen molar-refractivity contribution in [2.75, 3.05) is 64.7 Å². The smallest absolute Gasteiger partial charge is 0.319 e. The Morgan fingerprint density at radius 1 is 1.08 bits per heavy atom. The Hall–Kier alpha value is -3.36. The van der Waals surface area contributed by atoms with Crippen molar-refractivity contribution in [3.8, 4) is 23.1 Å². The van der Waals surface area contributed by atoms with Gasteiger partial charge in [-0.25, -0.2) is 9.37 Å². The van der Waals surface area contributed by atoms with Crippen LogP contribution in [0.1, 0.15) is 70.3 Å². The normalized spacial score (nSPS) is 28.0. The van der Waals surface area contributed by atoms with E-state index in [9.17, 15) is 5.11 Å². The fourth-order valence-electron chi connectivity index (χ4n) is 10.3. The summed E-state index contributed by atoms with van der Waals surface area (Å²) in [6.07, 6.45) is 12.1. The molecule has 5 fully saturated rings. The monoisotopic (exact) mass is 749 g/mol. The van der Waals surface area contributed by atoms with Crippen LogP contribution in [0.2, 0.25) is 5.02 Å². The van der Waals surface area contributed by atoms with Crippen LogP contribution >= 0.6 is 11.6 Å². The zero-order valence-electron chi connectivity index (χ0n) is 30.8. The molecule has 284 valence electrons. The Kier molecular flexibility index (Phi) is 8.96. The molecule has 0 amide bonds. The number of hydrogen-bond donors (Lipinski definition) is 2. The van der Waals surface area contributed by atoms with Crippen LogP contribution in [0.15, 0.2) is 12.3 Å². The highest BCUT2D eigenvalue weighted by Gasteiger charge is 2.55. The molecule has 3 saturated heterocycles. The predicted molar refractivity (Wildman–Crippen MR) is 199 cm³/mol. The van der Waals surface area contributed by atoms with Crippen LogP contribution in [0.3, 0.4) is 0 Å². The Morgan fingerprint density at radius 3 is 2.70 bits per heavy atom. The zero-order chi connectivity index (χ0) is 36.5. The number of nitrogens with one attached hydrogen (secondary N) is 1. The molecule has 3 atom stereocenters. The number of likely N-dealkylation sites (tertiary alicyclic amines) is 1. The summed E-state index contributed by atoms with van der Waals surface area (Å²) < 4.78 is 41.3. The average molecular weight is 750 g/mol. The number of aromatic nitrogens is 5. The molecule has 6 heterocycles. The van der Waals surface area contributed by atoms with Crippen molar-refractivity contribution in [2.24, 2.45) is 10.8 Å². The summed E-state index contributed by atoms with van der Waals surface area (Å²) in [6, 6.07) is 3.01. The van der Waals surface area contributed by atoms with E-state index in [0.717, 1.165) is 57.4 Å². The Bertz CT molecular complexity index is 2030. The maximum absolute atomic E-state index is 17.3. The van der Waals surface area contributed by atoms with Gasteiger partial charge in [0, 0.05) is 48.2 Å². The minimum absolute atomic E-state index is 0.00332. The molecule has 2 N–H and O–H groups in total. The second-order valence-electron chi connectivity index (χ2n) is 16.6. The van der Waals surface area contributed by atoms with E-state index in [1.165, 1.54) is 32.8 Å². The SMILES string of the molecule is COc1nc(-c2c(Cl)c(C)cc3[nH]ncc23)c(F)c2nc(OCC34CCCC3N(C3CC5(CCOCC5)C3)CCC4)nc(N3CCOCC(C)(O)C3)c12. The van der Waals surface area contributed by atoms with E-state index in [-0.39, 0.29) is 41.7 Å². The van der Waals surface area contributed by atoms with E-state index in [0.29, 0.717) is 70.0 Å².